The number of likely N-dealkylation sites (tertiary alicyclic amines) is 1. The second-order valence-electron chi connectivity index (χ2n) is 9.45. The molecule has 2 saturated heterocycles. The molecule has 4 atom stereocenters. The smallest absolute Gasteiger partial charge is 0.311 e. The number of aliphatic imine (C=N–C) groups is 1. The zero-order valence-corrected chi connectivity index (χ0v) is 19.9. The predicted octanol–water partition coefficient (Wildman–Crippen LogP) is 3.05. The summed E-state index contributed by atoms with van der Waals surface area (Å²) in [5.41, 5.74) is -0.323. The van der Waals surface area contributed by atoms with Crippen molar-refractivity contribution < 1.29 is 14.3 Å². The minimum Gasteiger partial charge on any atom is -0.460 e. The molecule has 1 aliphatic carbocycles. The maximum absolute atomic E-state index is 12.4. The number of esters is 1. The van der Waals surface area contributed by atoms with Crippen LogP contribution in [-0.4, -0.2) is 60.8 Å². The van der Waals surface area contributed by atoms with Gasteiger partial charge in [-0.05, 0) is 40.5 Å². The van der Waals surface area contributed by atoms with Crippen LogP contribution in [0.4, 0.5) is 0 Å². The minimum atomic E-state index is -0.434. The normalized spacial score (nSPS) is 32.4. The molecule has 1 saturated carbocycles. The number of fused-ring (bicyclic) bond motifs is 1. The molecule has 3 aliphatic rings. The summed E-state index contributed by atoms with van der Waals surface area (Å²) in [6, 6.07) is 0.376. The van der Waals surface area contributed by atoms with Crippen LogP contribution in [0.25, 0.3) is 0 Å². The Balaban J connectivity index is 0.00000261. The van der Waals surface area contributed by atoms with Crippen LogP contribution in [0.1, 0.15) is 54.4 Å². The summed E-state index contributed by atoms with van der Waals surface area (Å²) in [6.07, 6.45) is 2.30. The number of hydrogen-bond acceptors (Lipinski definition) is 4. The van der Waals surface area contributed by atoms with E-state index in [9.17, 15) is 4.79 Å². The van der Waals surface area contributed by atoms with Gasteiger partial charge >= 0.3 is 5.97 Å². The number of hydrogen-bond donors (Lipinski definition) is 1. The molecule has 0 bridgehead atoms. The number of carbonyl (C=O) groups excluding carboxylic acids is 1. The summed E-state index contributed by atoms with van der Waals surface area (Å²) >= 11 is 0. The number of nitrogens with one attached hydrogen (secondary N) is 1. The van der Waals surface area contributed by atoms with E-state index in [0.29, 0.717) is 24.6 Å². The summed E-state index contributed by atoms with van der Waals surface area (Å²) in [6.45, 7) is 15.5. The maximum atomic E-state index is 12.4. The van der Waals surface area contributed by atoms with E-state index in [2.05, 4.69) is 31.0 Å². The molecule has 27 heavy (non-hydrogen) atoms. The lowest BCUT2D eigenvalue weighted by Gasteiger charge is -2.55. The summed E-state index contributed by atoms with van der Waals surface area (Å²) in [4.78, 5) is 19.3. The molecular weight excluding hydrogens is 457 g/mol. The van der Waals surface area contributed by atoms with E-state index < -0.39 is 5.60 Å². The standard InChI is InChI=1S/C20H35N3O3.HI/c1-7-21-18(22-15-14-9-11-25-16(14)20(15,5)6)23-10-8-13(12-23)17(24)26-19(2,3)4;/h13-16H,7-12H2,1-6H3,(H,21,22);1H. The zero-order chi connectivity index (χ0) is 19.1. The van der Waals surface area contributed by atoms with Gasteiger partial charge in [0.2, 0.25) is 0 Å². The van der Waals surface area contributed by atoms with Gasteiger partial charge in [-0.1, -0.05) is 13.8 Å². The van der Waals surface area contributed by atoms with Crippen LogP contribution in [0, 0.1) is 17.3 Å². The number of guanidine groups is 1. The Morgan fingerprint density at radius 2 is 2.04 bits per heavy atom. The zero-order valence-electron chi connectivity index (χ0n) is 17.6. The molecule has 0 aromatic rings. The van der Waals surface area contributed by atoms with E-state index in [1.165, 1.54) is 0 Å². The van der Waals surface area contributed by atoms with Gasteiger partial charge in [0.05, 0.1) is 12.0 Å². The van der Waals surface area contributed by atoms with Crippen LogP contribution < -0.4 is 5.32 Å². The number of halogens is 1. The van der Waals surface area contributed by atoms with E-state index in [-0.39, 0.29) is 41.3 Å². The highest BCUT2D eigenvalue weighted by atomic mass is 127. The lowest BCUT2D eigenvalue weighted by atomic mass is 9.57. The van der Waals surface area contributed by atoms with Gasteiger partial charge in [-0.25, -0.2) is 0 Å². The third-order valence-electron chi connectivity index (χ3n) is 5.92. The van der Waals surface area contributed by atoms with Crippen molar-refractivity contribution in [2.24, 2.45) is 22.2 Å². The van der Waals surface area contributed by atoms with Crippen molar-refractivity contribution in [3.63, 3.8) is 0 Å². The van der Waals surface area contributed by atoms with E-state index in [1.54, 1.807) is 0 Å². The summed E-state index contributed by atoms with van der Waals surface area (Å²) < 4.78 is 11.5. The van der Waals surface area contributed by atoms with E-state index in [4.69, 9.17) is 14.5 Å². The highest BCUT2D eigenvalue weighted by Gasteiger charge is 2.59. The molecule has 2 heterocycles. The van der Waals surface area contributed by atoms with Gasteiger partial charge in [0.25, 0.3) is 0 Å². The molecule has 0 aromatic carbocycles. The van der Waals surface area contributed by atoms with E-state index in [0.717, 1.165) is 38.5 Å². The largest absolute Gasteiger partial charge is 0.460 e. The van der Waals surface area contributed by atoms with Crippen LogP contribution in [0.3, 0.4) is 0 Å². The Labute approximate surface area is 180 Å². The quantitative estimate of drug-likeness (QED) is 0.284. The van der Waals surface area contributed by atoms with Crippen molar-refractivity contribution >= 4 is 35.9 Å². The van der Waals surface area contributed by atoms with Gasteiger partial charge in [-0.2, -0.15) is 0 Å². The van der Waals surface area contributed by atoms with Gasteiger partial charge in [0.15, 0.2) is 5.96 Å². The molecular formula is C20H36IN3O3. The SMILES string of the molecule is CCN=C(NC1C2CCOC2C1(C)C)N1CCC(C(=O)OC(C)(C)C)C1.I. The van der Waals surface area contributed by atoms with E-state index >= 15 is 0 Å². The third-order valence-corrected chi connectivity index (χ3v) is 5.92. The number of carbonyl (C=O) groups is 1. The fourth-order valence-electron chi connectivity index (χ4n) is 4.67. The Hall–Kier alpha value is -0.570. The van der Waals surface area contributed by atoms with Gasteiger partial charge in [0.1, 0.15) is 5.60 Å². The first kappa shape index (κ1) is 22.7. The molecule has 4 unspecified atom stereocenters. The highest BCUT2D eigenvalue weighted by molar-refractivity contribution is 14.0. The van der Waals surface area contributed by atoms with Crippen molar-refractivity contribution in [1.82, 2.24) is 10.2 Å². The van der Waals surface area contributed by atoms with Gasteiger partial charge < -0.3 is 19.7 Å². The topological polar surface area (TPSA) is 63.2 Å². The van der Waals surface area contributed by atoms with Crippen LogP contribution in [-0.2, 0) is 14.3 Å². The average molecular weight is 493 g/mol. The first-order valence-corrected chi connectivity index (χ1v) is 10.0. The summed E-state index contributed by atoms with van der Waals surface area (Å²) in [5, 5.41) is 3.71. The van der Waals surface area contributed by atoms with Crippen molar-refractivity contribution in [2.45, 2.75) is 72.1 Å². The molecule has 7 heteroatoms. The van der Waals surface area contributed by atoms with Gasteiger partial charge in [-0.3, -0.25) is 9.79 Å². The Kier molecular flexibility index (Phi) is 7.09. The monoisotopic (exact) mass is 493 g/mol. The Bertz CT molecular complexity index is 573. The first-order chi connectivity index (χ1) is 12.1. The molecule has 3 rings (SSSR count). The third kappa shape index (κ3) is 4.71. The van der Waals surface area contributed by atoms with Crippen molar-refractivity contribution in [2.75, 3.05) is 26.2 Å². The molecule has 0 amide bonds. The van der Waals surface area contributed by atoms with Crippen molar-refractivity contribution in [1.29, 1.82) is 0 Å². The number of nitrogens with zero attached hydrogens (tertiary/aromatic N) is 2. The second-order valence-corrected chi connectivity index (χ2v) is 9.45. The first-order valence-electron chi connectivity index (χ1n) is 10.0. The molecule has 2 aliphatic heterocycles. The number of ether oxygens (including phenoxy) is 2. The predicted molar refractivity (Wildman–Crippen MR) is 117 cm³/mol. The van der Waals surface area contributed by atoms with Crippen LogP contribution in [0.2, 0.25) is 0 Å². The van der Waals surface area contributed by atoms with Gasteiger partial charge in [0, 0.05) is 43.6 Å². The Morgan fingerprint density at radius 3 is 2.67 bits per heavy atom. The highest BCUT2D eigenvalue weighted by Crippen LogP contribution is 2.52. The van der Waals surface area contributed by atoms with Crippen LogP contribution in [0.15, 0.2) is 4.99 Å². The fourth-order valence-corrected chi connectivity index (χ4v) is 4.67. The lowest BCUT2D eigenvalue weighted by Crippen LogP contribution is -2.68. The average Bonchev–Trinajstić information content (AvgIpc) is 3.17. The van der Waals surface area contributed by atoms with Gasteiger partial charge in [-0.15, -0.1) is 24.0 Å². The molecule has 0 spiro atoms. The molecule has 156 valence electrons. The number of rotatable bonds is 3. The van der Waals surface area contributed by atoms with Crippen LogP contribution in [0.5, 0.6) is 0 Å². The summed E-state index contributed by atoms with van der Waals surface area (Å²) in [5.74, 6) is 1.33. The molecule has 6 nitrogen and oxygen atoms in total. The summed E-state index contributed by atoms with van der Waals surface area (Å²) in [7, 11) is 0. The Morgan fingerprint density at radius 1 is 1.33 bits per heavy atom. The van der Waals surface area contributed by atoms with Crippen molar-refractivity contribution in [3.8, 4) is 0 Å². The lowest BCUT2D eigenvalue weighted by molar-refractivity contribution is -0.159. The molecule has 3 fully saturated rings. The molecule has 0 radical (unpaired) electrons. The van der Waals surface area contributed by atoms with Crippen molar-refractivity contribution in [3.05, 3.63) is 0 Å². The molecule has 1 N–H and O–H groups in total. The second kappa shape index (κ2) is 8.43. The van der Waals surface area contributed by atoms with Crippen LogP contribution >= 0.6 is 24.0 Å². The molecule has 0 aromatic heterocycles. The maximum Gasteiger partial charge on any atom is 0.311 e. The van der Waals surface area contributed by atoms with E-state index in [1.807, 2.05) is 20.8 Å². The fraction of sp³-hybridized carbons (Fsp3) is 0.900. The minimum absolute atomic E-state index is 0.